The van der Waals surface area contributed by atoms with Crippen LogP contribution in [0.2, 0.25) is 5.02 Å². The number of H-pyrrole nitrogens is 1. The van der Waals surface area contributed by atoms with Crippen molar-refractivity contribution in [1.82, 2.24) is 29.5 Å². The number of rotatable bonds is 4. The second-order valence-electron chi connectivity index (χ2n) is 6.91. The Kier molecular flexibility index (Phi) is 4.59. The van der Waals surface area contributed by atoms with Crippen molar-refractivity contribution in [3.63, 3.8) is 0 Å². The van der Waals surface area contributed by atoms with E-state index in [0.29, 0.717) is 39.0 Å². The van der Waals surface area contributed by atoms with Crippen LogP contribution >= 0.6 is 11.6 Å². The molecule has 0 amide bonds. The summed E-state index contributed by atoms with van der Waals surface area (Å²) in [7, 11) is 0. The topological polar surface area (TPSA) is 101 Å². The zero-order chi connectivity index (χ0) is 21.5. The minimum atomic E-state index is -0.516. The van der Waals surface area contributed by atoms with E-state index in [1.165, 1.54) is 35.4 Å². The van der Waals surface area contributed by atoms with E-state index < -0.39 is 17.4 Å². The summed E-state index contributed by atoms with van der Waals surface area (Å²) in [5.74, 6) is 0.357. The van der Waals surface area contributed by atoms with Gasteiger partial charge >= 0.3 is 0 Å². The third kappa shape index (κ3) is 3.28. The van der Waals surface area contributed by atoms with E-state index in [2.05, 4.69) is 30.2 Å². The fourth-order valence-electron chi connectivity index (χ4n) is 3.47. The fraction of sp³-hybridized carbons (Fsp3) is 0.0952. The van der Waals surface area contributed by atoms with Crippen LogP contribution in [0.15, 0.2) is 59.9 Å². The molecule has 1 atom stereocenters. The highest BCUT2D eigenvalue weighted by molar-refractivity contribution is 6.32. The summed E-state index contributed by atoms with van der Waals surface area (Å²) < 4.78 is 15.2. The van der Waals surface area contributed by atoms with Crippen LogP contribution in [-0.2, 0) is 0 Å². The lowest BCUT2D eigenvalue weighted by molar-refractivity contribution is 0.629. The molecule has 5 aromatic rings. The number of anilines is 1. The predicted octanol–water partition coefficient (Wildman–Crippen LogP) is 4.02. The van der Waals surface area contributed by atoms with Gasteiger partial charge in [0.15, 0.2) is 11.5 Å². The van der Waals surface area contributed by atoms with Gasteiger partial charge in [0.1, 0.15) is 23.5 Å². The van der Waals surface area contributed by atoms with E-state index in [4.69, 9.17) is 11.6 Å². The van der Waals surface area contributed by atoms with Crippen LogP contribution in [0, 0.1) is 5.82 Å². The summed E-state index contributed by atoms with van der Waals surface area (Å²) >= 11 is 6.40. The Morgan fingerprint density at radius 3 is 2.84 bits per heavy atom. The Morgan fingerprint density at radius 2 is 2.00 bits per heavy atom. The van der Waals surface area contributed by atoms with Crippen LogP contribution < -0.4 is 10.9 Å². The molecule has 0 fully saturated rings. The molecule has 0 aliphatic heterocycles. The van der Waals surface area contributed by atoms with Crippen molar-refractivity contribution in [3.8, 4) is 5.69 Å². The van der Waals surface area contributed by atoms with Crippen LogP contribution in [0.4, 0.5) is 10.2 Å². The molecule has 10 heteroatoms. The number of fused-ring (bicyclic) bond motifs is 2. The van der Waals surface area contributed by atoms with E-state index in [9.17, 15) is 9.18 Å². The third-order valence-electron chi connectivity index (χ3n) is 4.91. The number of aromatic nitrogens is 6. The SMILES string of the molecule is C[C@H](Nc1ncnc2[nH]cnc12)c1nc2ccc(F)cc2c(=O)n1-c1ccccc1Cl. The normalized spacial score (nSPS) is 12.4. The Hall–Kier alpha value is -3.85. The maximum absolute atomic E-state index is 13.9. The summed E-state index contributed by atoms with van der Waals surface area (Å²) in [5, 5.41) is 3.77. The fourth-order valence-corrected chi connectivity index (χ4v) is 3.69. The van der Waals surface area contributed by atoms with Gasteiger partial charge in [-0.15, -0.1) is 0 Å². The highest BCUT2D eigenvalue weighted by atomic mass is 35.5. The average Bonchev–Trinajstić information content (AvgIpc) is 3.25. The molecule has 3 heterocycles. The molecule has 0 unspecified atom stereocenters. The van der Waals surface area contributed by atoms with Crippen LogP contribution in [0.3, 0.4) is 0 Å². The van der Waals surface area contributed by atoms with Gasteiger partial charge in [0, 0.05) is 0 Å². The first-order valence-corrected chi connectivity index (χ1v) is 9.78. The molecule has 5 rings (SSSR count). The number of halogens is 2. The number of para-hydroxylation sites is 1. The molecule has 0 saturated heterocycles. The molecular formula is C21H15ClFN7O. The van der Waals surface area contributed by atoms with Gasteiger partial charge in [0.2, 0.25) is 0 Å². The lowest BCUT2D eigenvalue weighted by Gasteiger charge is -2.20. The first-order valence-electron chi connectivity index (χ1n) is 9.40. The maximum atomic E-state index is 13.9. The second kappa shape index (κ2) is 7.44. The lowest BCUT2D eigenvalue weighted by atomic mass is 10.2. The molecule has 0 radical (unpaired) electrons. The minimum absolute atomic E-state index is 0.160. The molecule has 0 bridgehead atoms. The quantitative estimate of drug-likeness (QED) is 0.442. The third-order valence-corrected chi connectivity index (χ3v) is 5.23. The Labute approximate surface area is 179 Å². The molecular weight excluding hydrogens is 421 g/mol. The summed E-state index contributed by atoms with van der Waals surface area (Å²) in [4.78, 5) is 33.6. The van der Waals surface area contributed by atoms with E-state index in [1.807, 2.05) is 6.92 Å². The summed E-state index contributed by atoms with van der Waals surface area (Å²) in [6.07, 6.45) is 2.94. The average molecular weight is 436 g/mol. The van der Waals surface area contributed by atoms with Gasteiger partial charge in [-0.25, -0.2) is 24.3 Å². The van der Waals surface area contributed by atoms with Crippen molar-refractivity contribution < 1.29 is 4.39 Å². The highest BCUT2D eigenvalue weighted by Crippen LogP contribution is 2.26. The molecule has 0 aliphatic rings. The molecule has 154 valence electrons. The molecule has 2 aromatic carbocycles. The Morgan fingerprint density at radius 1 is 1.16 bits per heavy atom. The Bertz CT molecular complexity index is 1500. The van der Waals surface area contributed by atoms with Gasteiger partial charge in [0.25, 0.3) is 5.56 Å². The van der Waals surface area contributed by atoms with E-state index in [1.54, 1.807) is 24.3 Å². The molecule has 2 N–H and O–H groups in total. The highest BCUT2D eigenvalue weighted by Gasteiger charge is 2.21. The monoisotopic (exact) mass is 435 g/mol. The van der Waals surface area contributed by atoms with Crippen molar-refractivity contribution in [3.05, 3.63) is 82.1 Å². The van der Waals surface area contributed by atoms with Crippen molar-refractivity contribution in [1.29, 1.82) is 0 Å². The van der Waals surface area contributed by atoms with Gasteiger partial charge in [-0.1, -0.05) is 23.7 Å². The standard InChI is InChI=1S/C21H15ClFN7O/c1-11(28-19-17-18(25-9-24-17)26-10-27-19)20-29-15-7-6-12(23)8-13(15)21(31)30(20)16-5-3-2-4-14(16)22/h2-11H,1H3,(H2,24,25,26,27,28)/t11-/m0/s1. The zero-order valence-electron chi connectivity index (χ0n) is 16.2. The smallest absolute Gasteiger partial charge is 0.266 e. The number of hydrogen-bond donors (Lipinski definition) is 2. The van der Waals surface area contributed by atoms with Crippen molar-refractivity contribution in [2.45, 2.75) is 13.0 Å². The first kappa shape index (κ1) is 19.1. The minimum Gasteiger partial charge on any atom is -0.358 e. The number of hydrogen-bond acceptors (Lipinski definition) is 6. The van der Waals surface area contributed by atoms with Gasteiger partial charge in [-0.2, -0.15) is 0 Å². The van der Waals surface area contributed by atoms with E-state index in [0.717, 1.165) is 0 Å². The van der Waals surface area contributed by atoms with Gasteiger partial charge in [-0.05, 0) is 37.3 Å². The van der Waals surface area contributed by atoms with Crippen LogP contribution in [0.1, 0.15) is 18.8 Å². The maximum Gasteiger partial charge on any atom is 0.266 e. The van der Waals surface area contributed by atoms with Crippen molar-refractivity contribution in [2.24, 2.45) is 0 Å². The Balaban J connectivity index is 1.72. The summed E-state index contributed by atoms with van der Waals surface area (Å²) in [6.45, 7) is 1.84. The van der Waals surface area contributed by atoms with Crippen molar-refractivity contribution in [2.75, 3.05) is 5.32 Å². The van der Waals surface area contributed by atoms with Crippen LogP contribution in [-0.4, -0.2) is 29.5 Å². The summed E-state index contributed by atoms with van der Waals surface area (Å²) in [6, 6.07) is 10.4. The second-order valence-corrected chi connectivity index (χ2v) is 7.32. The number of imidazole rings is 1. The number of nitrogens with zero attached hydrogens (tertiary/aromatic N) is 5. The number of benzene rings is 2. The number of aromatic amines is 1. The molecule has 3 aromatic heterocycles. The van der Waals surface area contributed by atoms with Crippen LogP contribution in [0.5, 0.6) is 0 Å². The predicted molar refractivity (Wildman–Crippen MR) is 116 cm³/mol. The van der Waals surface area contributed by atoms with E-state index in [-0.39, 0.29) is 5.39 Å². The zero-order valence-corrected chi connectivity index (χ0v) is 16.9. The van der Waals surface area contributed by atoms with Crippen molar-refractivity contribution >= 4 is 39.5 Å². The lowest BCUT2D eigenvalue weighted by Crippen LogP contribution is -2.27. The molecule has 8 nitrogen and oxygen atoms in total. The molecule has 31 heavy (non-hydrogen) atoms. The van der Waals surface area contributed by atoms with Crippen LogP contribution in [0.25, 0.3) is 27.8 Å². The molecule has 0 saturated carbocycles. The van der Waals surface area contributed by atoms with E-state index >= 15 is 0 Å². The van der Waals surface area contributed by atoms with Gasteiger partial charge in [0.05, 0.1) is 34.0 Å². The summed E-state index contributed by atoms with van der Waals surface area (Å²) in [5.41, 5.74) is 1.54. The number of nitrogens with one attached hydrogen (secondary N) is 2. The largest absolute Gasteiger partial charge is 0.358 e. The van der Waals surface area contributed by atoms with Gasteiger partial charge in [-0.3, -0.25) is 9.36 Å². The van der Waals surface area contributed by atoms with Gasteiger partial charge < -0.3 is 10.3 Å². The molecule has 0 spiro atoms. The molecule has 0 aliphatic carbocycles. The first-order chi connectivity index (χ1) is 15.0.